The minimum Gasteiger partial charge on any atom is -0.508 e. The van der Waals surface area contributed by atoms with Gasteiger partial charge in [0.15, 0.2) is 28.9 Å². The predicted octanol–water partition coefficient (Wildman–Crippen LogP) is 19.7. The minimum atomic E-state index is -1.75. The number of phenols is 7. The van der Waals surface area contributed by atoms with Crippen LogP contribution in [0.5, 0.6) is 40.2 Å². The summed E-state index contributed by atoms with van der Waals surface area (Å²) in [5.41, 5.74) is 8.14. The molecule has 0 radical (unpaired) electrons. The summed E-state index contributed by atoms with van der Waals surface area (Å²) in [6, 6.07) is 30.0. The first kappa shape index (κ1) is 71.7. The summed E-state index contributed by atoms with van der Waals surface area (Å²) in [5.74, 6) is -6.80. The van der Waals surface area contributed by atoms with Crippen LogP contribution in [-0.4, -0.2) is 35.7 Å². The fourth-order valence-electron chi connectivity index (χ4n) is 7.62. The SMILES string of the molecule is CCC(C)(C)c1c(F)c(F)c(O)c(F)c1F.CCC(C)(C)c1cc(C)c(O)c(C)c1.CCC(C)(C)c1ccc(O)c(C)c1.CCC(C)(C)c1ccc(O)c(O)c1.CCC(C)(C)c1ccc(O)cc1.CCC(C)(C)c1cccc(O)c1. The van der Waals surface area contributed by atoms with Crippen molar-refractivity contribution in [1.82, 2.24) is 0 Å². The molecular formula is C69H98F4O7. The molecule has 11 heteroatoms. The molecule has 0 amide bonds. The molecule has 0 atom stereocenters. The number of aromatic hydroxyl groups is 7. The Morgan fingerprint density at radius 1 is 0.300 bits per heavy atom. The zero-order chi connectivity index (χ0) is 62.1. The predicted molar refractivity (Wildman–Crippen MR) is 324 cm³/mol. The van der Waals surface area contributed by atoms with Crippen LogP contribution in [0.4, 0.5) is 17.6 Å². The molecule has 7 nitrogen and oxygen atoms in total. The molecule has 80 heavy (non-hydrogen) atoms. The molecule has 0 fully saturated rings. The van der Waals surface area contributed by atoms with Crippen molar-refractivity contribution in [3.8, 4) is 40.2 Å². The number of halogens is 4. The Kier molecular flexibility index (Phi) is 26.8. The van der Waals surface area contributed by atoms with Gasteiger partial charge in [-0.15, -0.1) is 0 Å². The number of benzene rings is 6. The second kappa shape index (κ2) is 29.9. The van der Waals surface area contributed by atoms with E-state index in [4.69, 9.17) is 15.3 Å². The number of hydrogen-bond acceptors (Lipinski definition) is 7. The van der Waals surface area contributed by atoms with Crippen LogP contribution in [0.15, 0.2) is 97.1 Å². The van der Waals surface area contributed by atoms with E-state index in [9.17, 15) is 38.0 Å². The molecule has 0 aliphatic heterocycles. The van der Waals surface area contributed by atoms with E-state index in [-0.39, 0.29) is 38.6 Å². The molecule has 0 aliphatic rings. The number of phenolic OH excluding ortho intramolecular Hbond substituents is 7. The third kappa shape index (κ3) is 20.0. The third-order valence-electron chi connectivity index (χ3n) is 16.5. The van der Waals surface area contributed by atoms with Crippen molar-refractivity contribution in [2.24, 2.45) is 0 Å². The largest absolute Gasteiger partial charge is 0.508 e. The summed E-state index contributed by atoms with van der Waals surface area (Å²) < 4.78 is 53.0. The van der Waals surface area contributed by atoms with Gasteiger partial charge in [0.2, 0.25) is 11.6 Å². The van der Waals surface area contributed by atoms with Crippen LogP contribution < -0.4 is 0 Å². The molecular weight excluding hydrogens is 1020 g/mol. The highest BCUT2D eigenvalue weighted by atomic mass is 19.2. The lowest BCUT2D eigenvalue weighted by Gasteiger charge is -2.25. The van der Waals surface area contributed by atoms with Crippen molar-refractivity contribution < 1.29 is 53.3 Å². The molecule has 444 valence electrons. The fraction of sp³-hybridized carbons (Fsp3) is 0.478. The van der Waals surface area contributed by atoms with E-state index in [1.54, 1.807) is 37.3 Å². The fourth-order valence-corrected chi connectivity index (χ4v) is 7.62. The van der Waals surface area contributed by atoms with E-state index in [2.05, 4.69) is 128 Å². The molecule has 0 aliphatic carbocycles. The van der Waals surface area contributed by atoms with Crippen LogP contribution in [0.25, 0.3) is 0 Å². The van der Waals surface area contributed by atoms with E-state index in [1.807, 2.05) is 57.2 Å². The van der Waals surface area contributed by atoms with Gasteiger partial charge in [0, 0.05) is 5.56 Å². The first-order valence-corrected chi connectivity index (χ1v) is 28.0. The van der Waals surface area contributed by atoms with Crippen molar-refractivity contribution in [2.45, 2.75) is 216 Å². The lowest BCUT2D eigenvalue weighted by molar-refractivity contribution is 0.333. The second-order valence-corrected chi connectivity index (χ2v) is 24.7. The summed E-state index contributed by atoms with van der Waals surface area (Å²) in [5, 5.41) is 64.7. The van der Waals surface area contributed by atoms with Gasteiger partial charge >= 0.3 is 0 Å². The maximum absolute atomic E-state index is 13.4. The van der Waals surface area contributed by atoms with Gasteiger partial charge in [-0.25, -0.2) is 8.78 Å². The minimum absolute atomic E-state index is 0.0426. The smallest absolute Gasteiger partial charge is 0.203 e. The van der Waals surface area contributed by atoms with E-state index < -0.39 is 40.0 Å². The van der Waals surface area contributed by atoms with Gasteiger partial charge in [-0.05, 0) is 179 Å². The van der Waals surface area contributed by atoms with E-state index in [0.717, 1.165) is 54.4 Å². The van der Waals surface area contributed by atoms with Crippen LogP contribution >= 0.6 is 0 Å². The number of hydrogen-bond donors (Lipinski definition) is 7. The maximum atomic E-state index is 13.4. The molecule has 0 aromatic heterocycles. The highest BCUT2D eigenvalue weighted by molar-refractivity contribution is 5.45. The first-order valence-electron chi connectivity index (χ1n) is 28.0. The highest BCUT2D eigenvalue weighted by Gasteiger charge is 2.33. The average molecular weight is 1120 g/mol. The van der Waals surface area contributed by atoms with Gasteiger partial charge < -0.3 is 35.7 Å². The summed E-state index contributed by atoms with van der Waals surface area (Å²) in [6.45, 7) is 43.1. The Morgan fingerprint density at radius 2 is 0.637 bits per heavy atom. The maximum Gasteiger partial charge on any atom is 0.203 e. The molecule has 6 aromatic carbocycles. The number of rotatable bonds is 12. The molecule has 0 spiro atoms. The van der Waals surface area contributed by atoms with Gasteiger partial charge in [-0.3, -0.25) is 0 Å². The Labute approximate surface area is 478 Å². The number of aryl methyl sites for hydroxylation is 3. The summed E-state index contributed by atoms with van der Waals surface area (Å²) >= 11 is 0. The zero-order valence-electron chi connectivity index (χ0n) is 52.1. The molecule has 0 saturated carbocycles. The summed E-state index contributed by atoms with van der Waals surface area (Å²) in [7, 11) is 0. The topological polar surface area (TPSA) is 142 Å². The standard InChI is InChI=1S/C13H20O.C12H18O.C11H12F4O.C11H16O2.2C11H16O/c1-6-13(4,5)11-7-9(2)12(14)10(3)8-11;1-5-12(3,4)10-6-7-11(13)9(2)8-10;1-4-11(2,3)5-6(12)8(14)10(16)9(15)7(5)13;1-4-11(2,3)8-5-6-9(12)10(13)7-8;1-4-11(2,3)9-5-7-10(12)8-6-9;1-4-11(2,3)9-6-5-7-10(12)8-9/h7-8,14H,6H2,1-5H3;6-8,13H,5H2,1-4H3;16H,4H2,1-3H3;5-7,12-13H,4H2,1-3H3;2*5-8,12H,4H2,1-3H3. The molecule has 0 heterocycles. The van der Waals surface area contributed by atoms with E-state index in [1.165, 1.54) is 42.2 Å². The van der Waals surface area contributed by atoms with E-state index in [0.29, 0.717) is 29.4 Å². The normalized spacial score (nSPS) is 11.7. The second-order valence-electron chi connectivity index (χ2n) is 24.7. The molecule has 7 N–H and O–H groups in total. The lowest BCUT2D eigenvalue weighted by atomic mass is 9.81. The van der Waals surface area contributed by atoms with Crippen LogP contribution in [0, 0.1) is 44.0 Å². The molecule has 0 unspecified atom stereocenters. The van der Waals surface area contributed by atoms with Crippen LogP contribution in [0.1, 0.15) is 213 Å². The zero-order valence-corrected chi connectivity index (χ0v) is 52.1. The Morgan fingerprint density at radius 3 is 1.01 bits per heavy atom. The van der Waals surface area contributed by atoms with Crippen LogP contribution in [0.3, 0.4) is 0 Å². The summed E-state index contributed by atoms with van der Waals surface area (Å²) in [6.07, 6.45) is 5.70. The molecule has 6 rings (SSSR count). The van der Waals surface area contributed by atoms with Gasteiger partial charge in [0.05, 0.1) is 0 Å². The Balaban J connectivity index is 0.000000481. The van der Waals surface area contributed by atoms with Crippen molar-refractivity contribution in [2.75, 3.05) is 0 Å². The monoisotopic (exact) mass is 1110 g/mol. The van der Waals surface area contributed by atoms with Crippen LogP contribution in [-0.2, 0) is 32.5 Å². The van der Waals surface area contributed by atoms with Gasteiger partial charge in [0.1, 0.15) is 23.0 Å². The third-order valence-corrected chi connectivity index (χ3v) is 16.5. The van der Waals surface area contributed by atoms with Gasteiger partial charge in [-0.2, -0.15) is 8.78 Å². The van der Waals surface area contributed by atoms with E-state index >= 15 is 0 Å². The van der Waals surface area contributed by atoms with Gasteiger partial charge in [-0.1, -0.05) is 179 Å². The highest BCUT2D eigenvalue weighted by Crippen LogP contribution is 2.39. The Hall–Kier alpha value is -6.36. The lowest BCUT2D eigenvalue weighted by Crippen LogP contribution is -2.21. The average Bonchev–Trinajstić information content (AvgIpc) is 3.41. The van der Waals surface area contributed by atoms with Crippen molar-refractivity contribution in [1.29, 1.82) is 0 Å². The van der Waals surface area contributed by atoms with Crippen molar-refractivity contribution >= 4 is 0 Å². The van der Waals surface area contributed by atoms with Crippen LogP contribution in [0.2, 0.25) is 0 Å². The molecule has 6 aromatic rings. The Bertz CT molecular complexity index is 2780. The summed E-state index contributed by atoms with van der Waals surface area (Å²) in [4.78, 5) is 0. The quantitative estimate of drug-likeness (QED) is 0.0368. The molecule has 0 bridgehead atoms. The van der Waals surface area contributed by atoms with Gasteiger partial charge in [0.25, 0.3) is 0 Å². The van der Waals surface area contributed by atoms with Crippen molar-refractivity contribution in [3.05, 3.63) is 170 Å². The van der Waals surface area contributed by atoms with Crippen molar-refractivity contribution in [3.63, 3.8) is 0 Å². The first-order chi connectivity index (χ1) is 36.7. The molecule has 0 saturated heterocycles.